The largest absolute Gasteiger partial charge is 0.490 e. The topological polar surface area (TPSA) is 118 Å². The number of rotatable bonds is 9. The van der Waals surface area contributed by atoms with Gasteiger partial charge in [0.1, 0.15) is 5.82 Å². The van der Waals surface area contributed by atoms with Crippen LogP contribution in [-0.2, 0) is 14.4 Å². The van der Waals surface area contributed by atoms with Gasteiger partial charge in [-0.3, -0.25) is 14.4 Å². The molecule has 0 bridgehead atoms. The molecule has 3 aromatic carbocycles. The summed E-state index contributed by atoms with van der Waals surface area (Å²) < 4.78 is 25.9. The number of anilines is 2. The van der Waals surface area contributed by atoms with Crippen molar-refractivity contribution >= 4 is 73.8 Å². The normalized spacial score (nSPS) is 10.6. The summed E-state index contributed by atoms with van der Waals surface area (Å²) >= 11 is 5.38. The van der Waals surface area contributed by atoms with Gasteiger partial charge in [-0.05, 0) is 95.7 Å². The number of ether oxygens (including phenoxy) is 2. The first kappa shape index (κ1) is 28.1. The first-order valence-electron chi connectivity index (χ1n) is 10.8. The Balaban J connectivity index is 1.60. The Bertz CT molecular complexity index is 1300. The number of nitrogens with zero attached hydrogens (tertiary/aromatic N) is 1. The lowest BCUT2D eigenvalue weighted by molar-refractivity contribution is -0.136. The zero-order valence-corrected chi connectivity index (χ0v) is 23.1. The van der Waals surface area contributed by atoms with Gasteiger partial charge in [0.15, 0.2) is 18.1 Å². The summed E-state index contributed by atoms with van der Waals surface area (Å²) in [6.45, 7) is 1.91. The van der Waals surface area contributed by atoms with Gasteiger partial charge in [0, 0.05) is 15.8 Å². The fourth-order valence-corrected chi connectivity index (χ4v) is 3.92. The number of hydrazone groups is 1. The molecule has 0 atom stereocenters. The molecule has 0 fully saturated rings. The summed E-state index contributed by atoms with van der Waals surface area (Å²) in [4.78, 5) is 36.3. The fourth-order valence-electron chi connectivity index (χ4n) is 2.87. The standard InChI is InChI=1S/C25H21BrFIN4O5/c1-2-36-21-12-15(13-29-32-25(35)24(34)31-19-9-5-17(27)6-10-19)11-20(28)23(21)37-14-22(33)30-18-7-3-16(26)4-8-18/h3-13H,2,14H2,1H3,(H,30,33)(H,31,34)(H,32,35)/b29-13-. The molecule has 0 heterocycles. The van der Waals surface area contributed by atoms with Gasteiger partial charge in [-0.15, -0.1) is 0 Å². The van der Waals surface area contributed by atoms with E-state index in [-0.39, 0.29) is 18.2 Å². The number of benzene rings is 3. The van der Waals surface area contributed by atoms with E-state index in [2.05, 4.69) is 37.1 Å². The quantitative estimate of drug-likeness (QED) is 0.131. The van der Waals surface area contributed by atoms with E-state index in [1.165, 1.54) is 18.3 Å². The number of nitrogens with one attached hydrogen (secondary N) is 3. The van der Waals surface area contributed by atoms with Crippen molar-refractivity contribution < 1.29 is 28.2 Å². The Kier molecular flexibility index (Phi) is 10.4. The van der Waals surface area contributed by atoms with Crippen molar-refractivity contribution in [1.82, 2.24) is 5.43 Å². The number of amides is 3. The van der Waals surface area contributed by atoms with Gasteiger partial charge in [-0.2, -0.15) is 5.10 Å². The van der Waals surface area contributed by atoms with Gasteiger partial charge in [-0.25, -0.2) is 9.82 Å². The Morgan fingerprint density at radius 1 is 0.973 bits per heavy atom. The molecular formula is C25H21BrFIN4O5. The lowest BCUT2D eigenvalue weighted by Gasteiger charge is -2.14. The molecule has 0 aliphatic heterocycles. The van der Waals surface area contributed by atoms with Crippen LogP contribution in [0.3, 0.4) is 0 Å². The summed E-state index contributed by atoms with van der Waals surface area (Å²) in [5, 5.41) is 8.89. The molecule has 3 aromatic rings. The zero-order valence-electron chi connectivity index (χ0n) is 19.4. The van der Waals surface area contributed by atoms with Gasteiger partial charge in [0.2, 0.25) is 0 Å². The number of halogens is 3. The first-order chi connectivity index (χ1) is 17.7. The van der Waals surface area contributed by atoms with Crippen LogP contribution < -0.4 is 25.5 Å². The van der Waals surface area contributed by atoms with Crippen LogP contribution in [0.4, 0.5) is 15.8 Å². The number of hydrogen-bond acceptors (Lipinski definition) is 6. The van der Waals surface area contributed by atoms with Crippen molar-refractivity contribution in [2.75, 3.05) is 23.8 Å². The molecular weight excluding hydrogens is 662 g/mol. The molecule has 9 nitrogen and oxygen atoms in total. The van der Waals surface area contributed by atoms with Crippen LogP contribution in [0.15, 0.2) is 70.2 Å². The lowest BCUT2D eigenvalue weighted by Crippen LogP contribution is -2.32. The molecule has 3 N–H and O–H groups in total. The van der Waals surface area contributed by atoms with Gasteiger partial charge in [-0.1, -0.05) is 15.9 Å². The molecule has 0 radical (unpaired) electrons. The summed E-state index contributed by atoms with van der Waals surface area (Å²) in [6, 6.07) is 15.5. The third-order valence-electron chi connectivity index (χ3n) is 4.50. The molecule has 0 aliphatic rings. The number of hydrogen-bond donors (Lipinski definition) is 3. The predicted molar refractivity (Wildman–Crippen MR) is 149 cm³/mol. The van der Waals surface area contributed by atoms with E-state index < -0.39 is 17.6 Å². The highest BCUT2D eigenvalue weighted by Gasteiger charge is 2.15. The average Bonchev–Trinajstić information content (AvgIpc) is 2.86. The Morgan fingerprint density at radius 3 is 2.30 bits per heavy atom. The maximum atomic E-state index is 13.0. The summed E-state index contributed by atoms with van der Waals surface area (Å²) in [6.07, 6.45) is 1.33. The summed E-state index contributed by atoms with van der Waals surface area (Å²) in [5.74, 6) is -2.00. The van der Waals surface area contributed by atoms with E-state index in [1.54, 1.807) is 31.2 Å². The summed E-state index contributed by atoms with van der Waals surface area (Å²) in [7, 11) is 0. The van der Waals surface area contributed by atoms with Crippen LogP contribution in [-0.4, -0.2) is 37.1 Å². The Labute approximate surface area is 234 Å². The monoisotopic (exact) mass is 682 g/mol. The maximum Gasteiger partial charge on any atom is 0.329 e. The third kappa shape index (κ3) is 8.82. The van der Waals surface area contributed by atoms with Gasteiger partial charge >= 0.3 is 11.8 Å². The lowest BCUT2D eigenvalue weighted by atomic mass is 10.2. The van der Waals surface area contributed by atoms with E-state index in [0.29, 0.717) is 32.9 Å². The van der Waals surface area contributed by atoms with Crippen molar-refractivity contribution in [3.8, 4) is 11.5 Å². The minimum absolute atomic E-state index is 0.237. The minimum Gasteiger partial charge on any atom is -0.490 e. The molecule has 3 rings (SSSR count). The van der Waals surface area contributed by atoms with E-state index in [9.17, 15) is 18.8 Å². The van der Waals surface area contributed by atoms with E-state index >= 15 is 0 Å². The second-order valence-electron chi connectivity index (χ2n) is 7.27. The molecule has 37 heavy (non-hydrogen) atoms. The van der Waals surface area contributed by atoms with Crippen LogP contribution in [0.1, 0.15) is 12.5 Å². The predicted octanol–water partition coefficient (Wildman–Crippen LogP) is 4.70. The van der Waals surface area contributed by atoms with Crippen LogP contribution in [0.25, 0.3) is 0 Å². The molecule has 3 amide bonds. The van der Waals surface area contributed by atoms with E-state index in [1.807, 2.05) is 34.7 Å². The Hall–Kier alpha value is -3.52. The highest BCUT2D eigenvalue weighted by atomic mass is 127. The SMILES string of the molecule is CCOc1cc(/C=N\NC(=O)C(=O)Nc2ccc(F)cc2)cc(I)c1OCC(=O)Nc1ccc(Br)cc1. The van der Waals surface area contributed by atoms with Crippen molar-refractivity contribution in [3.05, 3.63) is 80.1 Å². The van der Waals surface area contributed by atoms with Gasteiger partial charge in [0.05, 0.1) is 16.4 Å². The fraction of sp³-hybridized carbons (Fsp3) is 0.120. The van der Waals surface area contributed by atoms with Gasteiger partial charge < -0.3 is 20.1 Å². The molecule has 0 spiro atoms. The highest BCUT2D eigenvalue weighted by Crippen LogP contribution is 2.34. The van der Waals surface area contributed by atoms with Gasteiger partial charge in [0.25, 0.3) is 5.91 Å². The van der Waals surface area contributed by atoms with Crippen molar-refractivity contribution in [3.63, 3.8) is 0 Å². The molecule has 0 aromatic heterocycles. The molecule has 192 valence electrons. The van der Waals surface area contributed by atoms with Crippen molar-refractivity contribution in [1.29, 1.82) is 0 Å². The van der Waals surface area contributed by atoms with E-state index in [4.69, 9.17) is 9.47 Å². The maximum absolute atomic E-state index is 13.0. The Morgan fingerprint density at radius 2 is 1.62 bits per heavy atom. The summed E-state index contributed by atoms with van der Waals surface area (Å²) in [5.41, 5.74) is 3.59. The van der Waals surface area contributed by atoms with E-state index in [0.717, 1.165) is 16.6 Å². The average molecular weight is 683 g/mol. The van der Waals surface area contributed by atoms with Crippen molar-refractivity contribution in [2.45, 2.75) is 6.92 Å². The highest BCUT2D eigenvalue weighted by molar-refractivity contribution is 14.1. The zero-order chi connectivity index (χ0) is 26.8. The number of carbonyl (C=O) groups excluding carboxylic acids is 3. The van der Waals surface area contributed by atoms with Crippen LogP contribution >= 0.6 is 38.5 Å². The van der Waals surface area contributed by atoms with Crippen LogP contribution in [0.5, 0.6) is 11.5 Å². The first-order valence-corrected chi connectivity index (χ1v) is 12.7. The van der Waals surface area contributed by atoms with Crippen molar-refractivity contribution in [2.24, 2.45) is 5.10 Å². The van der Waals surface area contributed by atoms with Crippen LogP contribution in [0.2, 0.25) is 0 Å². The molecule has 0 saturated heterocycles. The number of carbonyl (C=O) groups is 3. The third-order valence-corrected chi connectivity index (χ3v) is 5.83. The molecule has 0 aliphatic carbocycles. The molecule has 0 saturated carbocycles. The van der Waals surface area contributed by atoms with Crippen LogP contribution in [0, 0.1) is 9.39 Å². The minimum atomic E-state index is -1.00. The molecule has 12 heteroatoms. The second kappa shape index (κ2) is 13.7. The molecule has 0 unspecified atom stereocenters. The second-order valence-corrected chi connectivity index (χ2v) is 9.34. The smallest absolute Gasteiger partial charge is 0.329 e.